The smallest absolute Gasteiger partial charge is 0.104 e. The first-order valence-corrected chi connectivity index (χ1v) is 6.73. The number of benzene rings is 2. The number of halogens is 2. The topological polar surface area (TPSA) is 20.2 Å². The minimum atomic E-state index is -0.553. The quantitative estimate of drug-likeness (QED) is 0.766. The number of aliphatic hydroxyl groups excluding tert-OH is 1. The van der Waals surface area contributed by atoms with E-state index in [-0.39, 0.29) is 0 Å². The standard InChI is InChI=1S/C13H10BrIO/c14-11-6-4-9(5-7-11)13(16)10-2-1-3-12(15)8-10/h1-8,13,16H. The van der Waals surface area contributed by atoms with Crippen molar-refractivity contribution in [2.75, 3.05) is 0 Å². The molecule has 0 spiro atoms. The van der Waals surface area contributed by atoms with E-state index in [1.165, 1.54) is 0 Å². The molecule has 16 heavy (non-hydrogen) atoms. The van der Waals surface area contributed by atoms with Crippen LogP contribution in [0.2, 0.25) is 0 Å². The lowest BCUT2D eigenvalue weighted by atomic mass is 10.0. The predicted molar refractivity (Wildman–Crippen MR) is 77.4 cm³/mol. The highest BCUT2D eigenvalue weighted by Gasteiger charge is 2.09. The Morgan fingerprint density at radius 2 is 1.69 bits per heavy atom. The zero-order chi connectivity index (χ0) is 11.5. The van der Waals surface area contributed by atoms with Crippen LogP contribution in [0.5, 0.6) is 0 Å². The van der Waals surface area contributed by atoms with Crippen molar-refractivity contribution in [2.45, 2.75) is 6.10 Å². The van der Waals surface area contributed by atoms with Crippen LogP contribution in [0.1, 0.15) is 17.2 Å². The van der Waals surface area contributed by atoms with Gasteiger partial charge in [0.15, 0.2) is 0 Å². The summed E-state index contributed by atoms with van der Waals surface area (Å²) < 4.78 is 2.15. The third-order valence-electron chi connectivity index (χ3n) is 2.35. The second kappa shape index (κ2) is 5.29. The molecule has 0 saturated heterocycles. The van der Waals surface area contributed by atoms with E-state index in [1.54, 1.807) is 0 Å². The number of hydrogen-bond donors (Lipinski definition) is 1. The van der Waals surface area contributed by atoms with Crippen LogP contribution in [-0.4, -0.2) is 5.11 Å². The highest BCUT2D eigenvalue weighted by atomic mass is 127. The molecule has 0 aliphatic heterocycles. The fraction of sp³-hybridized carbons (Fsp3) is 0.0769. The lowest BCUT2D eigenvalue weighted by Gasteiger charge is -2.11. The molecule has 1 unspecified atom stereocenters. The second-order valence-electron chi connectivity index (χ2n) is 3.51. The summed E-state index contributed by atoms with van der Waals surface area (Å²) in [5.41, 5.74) is 1.83. The molecule has 0 amide bonds. The Kier molecular flexibility index (Phi) is 4.00. The van der Waals surface area contributed by atoms with Gasteiger partial charge in [0, 0.05) is 8.04 Å². The van der Waals surface area contributed by atoms with Crippen molar-refractivity contribution >= 4 is 38.5 Å². The third-order valence-corrected chi connectivity index (χ3v) is 3.55. The summed E-state index contributed by atoms with van der Waals surface area (Å²) >= 11 is 5.62. The van der Waals surface area contributed by atoms with E-state index in [9.17, 15) is 5.11 Å². The van der Waals surface area contributed by atoms with Gasteiger partial charge >= 0.3 is 0 Å². The summed E-state index contributed by atoms with van der Waals surface area (Å²) in [6.07, 6.45) is -0.553. The largest absolute Gasteiger partial charge is 0.384 e. The maximum Gasteiger partial charge on any atom is 0.104 e. The molecule has 0 bridgehead atoms. The zero-order valence-corrected chi connectivity index (χ0v) is 12.1. The normalized spacial score (nSPS) is 12.4. The van der Waals surface area contributed by atoms with Gasteiger partial charge in [0.05, 0.1) is 0 Å². The number of hydrogen-bond acceptors (Lipinski definition) is 1. The second-order valence-corrected chi connectivity index (χ2v) is 5.67. The summed E-state index contributed by atoms with van der Waals surface area (Å²) in [5, 5.41) is 10.2. The van der Waals surface area contributed by atoms with Crippen LogP contribution < -0.4 is 0 Å². The van der Waals surface area contributed by atoms with E-state index in [1.807, 2.05) is 48.5 Å². The molecular weight excluding hydrogens is 379 g/mol. The van der Waals surface area contributed by atoms with Gasteiger partial charge in [-0.3, -0.25) is 0 Å². The number of aliphatic hydroxyl groups is 1. The minimum absolute atomic E-state index is 0.553. The molecule has 0 fully saturated rings. The summed E-state index contributed by atoms with van der Waals surface area (Å²) in [6, 6.07) is 15.6. The lowest BCUT2D eigenvalue weighted by molar-refractivity contribution is 0.220. The number of rotatable bonds is 2. The van der Waals surface area contributed by atoms with Crippen LogP contribution in [0.25, 0.3) is 0 Å². The SMILES string of the molecule is OC(c1ccc(Br)cc1)c1cccc(I)c1. The van der Waals surface area contributed by atoms with Gasteiger partial charge in [-0.05, 0) is 58.0 Å². The molecule has 2 rings (SSSR count). The zero-order valence-electron chi connectivity index (χ0n) is 8.40. The van der Waals surface area contributed by atoms with E-state index >= 15 is 0 Å². The van der Waals surface area contributed by atoms with Gasteiger partial charge in [0.1, 0.15) is 6.10 Å². The van der Waals surface area contributed by atoms with Gasteiger partial charge in [0.2, 0.25) is 0 Å². The molecule has 0 saturated carbocycles. The molecule has 2 aromatic rings. The third kappa shape index (κ3) is 2.84. The maximum atomic E-state index is 10.2. The van der Waals surface area contributed by atoms with Gasteiger partial charge in [0.25, 0.3) is 0 Å². The summed E-state index contributed by atoms with van der Waals surface area (Å²) in [6.45, 7) is 0. The summed E-state index contributed by atoms with van der Waals surface area (Å²) in [7, 11) is 0. The first-order valence-electron chi connectivity index (χ1n) is 4.86. The molecule has 0 heterocycles. The monoisotopic (exact) mass is 388 g/mol. The Morgan fingerprint density at radius 1 is 1.00 bits per heavy atom. The predicted octanol–water partition coefficient (Wildman–Crippen LogP) is 4.14. The van der Waals surface area contributed by atoms with Crippen molar-refractivity contribution in [1.82, 2.24) is 0 Å². The molecule has 82 valence electrons. The molecule has 2 aromatic carbocycles. The van der Waals surface area contributed by atoms with Crippen molar-refractivity contribution in [3.63, 3.8) is 0 Å². The lowest BCUT2D eigenvalue weighted by Crippen LogP contribution is -1.99. The van der Waals surface area contributed by atoms with Crippen molar-refractivity contribution in [3.05, 3.63) is 67.7 Å². The molecule has 0 aromatic heterocycles. The van der Waals surface area contributed by atoms with E-state index in [0.717, 1.165) is 19.2 Å². The first-order chi connectivity index (χ1) is 7.66. The van der Waals surface area contributed by atoms with E-state index in [0.29, 0.717) is 0 Å². The van der Waals surface area contributed by atoms with Crippen molar-refractivity contribution in [3.8, 4) is 0 Å². The molecule has 1 nitrogen and oxygen atoms in total. The van der Waals surface area contributed by atoms with Gasteiger partial charge in [-0.15, -0.1) is 0 Å². The van der Waals surface area contributed by atoms with E-state index in [4.69, 9.17) is 0 Å². The van der Waals surface area contributed by atoms with Crippen LogP contribution in [0.3, 0.4) is 0 Å². The first kappa shape index (κ1) is 12.1. The molecule has 1 atom stereocenters. The highest BCUT2D eigenvalue weighted by Crippen LogP contribution is 2.24. The van der Waals surface area contributed by atoms with Crippen molar-refractivity contribution < 1.29 is 5.11 Å². The van der Waals surface area contributed by atoms with Crippen LogP contribution >= 0.6 is 38.5 Å². The van der Waals surface area contributed by atoms with Crippen molar-refractivity contribution in [2.24, 2.45) is 0 Å². The van der Waals surface area contributed by atoms with Crippen molar-refractivity contribution in [1.29, 1.82) is 0 Å². The molecule has 0 aliphatic carbocycles. The molecule has 3 heteroatoms. The van der Waals surface area contributed by atoms with Gasteiger partial charge in [-0.25, -0.2) is 0 Å². The fourth-order valence-electron chi connectivity index (χ4n) is 1.51. The average molecular weight is 389 g/mol. The molecular formula is C13H10BrIO. The van der Waals surface area contributed by atoms with Crippen LogP contribution in [0, 0.1) is 3.57 Å². The van der Waals surface area contributed by atoms with Gasteiger partial charge in [-0.1, -0.05) is 40.2 Å². The van der Waals surface area contributed by atoms with E-state index in [2.05, 4.69) is 38.5 Å². The Hall–Kier alpha value is -0.390. The van der Waals surface area contributed by atoms with Crippen LogP contribution in [-0.2, 0) is 0 Å². The molecule has 0 aliphatic rings. The Labute approximate surface area is 117 Å². The fourth-order valence-corrected chi connectivity index (χ4v) is 2.35. The molecule has 1 N–H and O–H groups in total. The minimum Gasteiger partial charge on any atom is -0.384 e. The van der Waals surface area contributed by atoms with Gasteiger partial charge < -0.3 is 5.11 Å². The van der Waals surface area contributed by atoms with Crippen LogP contribution in [0.15, 0.2) is 53.0 Å². The highest BCUT2D eigenvalue weighted by molar-refractivity contribution is 14.1. The summed E-state index contributed by atoms with van der Waals surface area (Å²) in [4.78, 5) is 0. The molecule has 0 radical (unpaired) electrons. The Bertz CT molecular complexity index is 482. The Morgan fingerprint density at radius 3 is 2.31 bits per heavy atom. The Balaban J connectivity index is 2.31. The maximum absolute atomic E-state index is 10.2. The summed E-state index contributed by atoms with van der Waals surface area (Å²) in [5.74, 6) is 0. The average Bonchev–Trinajstić information content (AvgIpc) is 2.29. The van der Waals surface area contributed by atoms with E-state index < -0.39 is 6.10 Å². The van der Waals surface area contributed by atoms with Crippen LogP contribution in [0.4, 0.5) is 0 Å². The van der Waals surface area contributed by atoms with Gasteiger partial charge in [-0.2, -0.15) is 0 Å².